The van der Waals surface area contributed by atoms with E-state index >= 15 is 0 Å². The Morgan fingerprint density at radius 2 is 1.97 bits per heavy atom. The van der Waals surface area contributed by atoms with Crippen molar-refractivity contribution in [2.45, 2.75) is 96.7 Å². The number of aliphatic hydroxyl groups is 1. The maximum Gasteiger partial charge on any atom is 0.306 e. The van der Waals surface area contributed by atoms with E-state index in [1.54, 1.807) is 0 Å². The minimum absolute atomic E-state index is 0.0615. The largest absolute Gasteiger partial charge is 0.450 e. The molecule has 0 amide bonds. The molecule has 32 heavy (non-hydrogen) atoms. The minimum Gasteiger partial charge on any atom is -0.450 e. The molecule has 0 aromatic carbocycles. The number of alkyl halides is 1. The van der Waals surface area contributed by atoms with Crippen molar-refractivity contribution in [2.75, 3.05) is 5.88 Å². The molecule has 3 fully saturated rings. The van der Waals surface area contributed by atoms with Crippen molar-refractivity contribution < 1.29 is 24.2 Å². The van der Waals surface area contributed by atoms with Gasteiger partial charge in [0.25, 0.3) is 0 Å². The van der Waals surface area contributed by atoms with E-state index < -0.39 is 17.1 Å². The SMILES string of the molecule is CCCCC(=O)O[C@]1(C(=O)CCl)CC[C@H]2[C@@H]3CCC4=CC(=O)CC[C@]4(C)[C@H]3C(O)C[C@@]21C. The molecule has 0 radical (unpaired) electrons. The molecule has 0 saturated heterocycles. The molecule has 0 spiro atoms. The van der Waals surface area contributed by atoms with Crippen LogP contribution in [-0.2, 0) is 19.1 Å². The number of fused-ring (bicyclic) bond motifs is 5. The highest BCUT2D eigenvalue weighted by molar-refractivity contribution is 6.29. The second-order valence-electron chi connectivity index (χ2n) is 11.1. The highest BCUT2D eigenvalue weighted by Gasteiger charge is 2.70. The number of Topliss-reactive ketones (excluding diaryl/α,β-unsaturated/α-hetero) is 1. The van der Waals surface area contributed by atoms with Gasteiger partial charge in [-0.1, -0.05) is 32.8 Å². The molecule has 0 aromatic heterocycles. The molecule has 7 atom stereocenters. The Bertz CT molecular complexity index is 836. The number of carbonyl (C=O) groups is 3. The van der Waals surface area contributed by atoms with Gasteiger partial charge >= 0.3 is 5.97 Å². The molecule has 4 aliphatic rings. The third-order valence-corrected chi connectivity index (χ3v) is 9.85. The standard InChI is InChI=1S/C26H37ClO5/c1-4-5-6-22(31)32-26(21(30)15-27)12-10-19-18-8-7-16-13-17(28)9-11-24(16,2)23(18)20(29)14-25(19,26)3/h13,18-20,23,29H,4-12,14-15H2,1-3H3/t18-,19-,20?,23+,24-,25-,26-/m0/s1. The Morgan fingerprint density at radius 3 is 2.66 bits per heavy atom. The lowest BCUT2D eigenvalue weighted by molar-refractivity contribution is -0.200. The van der Waals surface area contributed by atoms with Gasteiger partial charge in [0.1, 0.15) is 0 Å². The van der Waals surface area contributed by atoms with Crippen molar-refractivity contribution >= 4 is 29.1 Å². The first-order chi connectivity index (χ1) is 15.1. The summed E-state index contributed by atoms with van der Waals surface area (Å²) in [7, 11) is 0. The quantitative estimate of drug-likeness (QED) is 0.452. The molecule has 0 aliphatic heterocycles. The summed E-state index contributed by atoms with van der Waals surface area (Å²) in [5.41, 5.74) is -0.888. The Kier molecular flexibility index (Phi) is 6.39. The number of halogens is 1. The summed E-state index contributed by atoms with van der Waals surface area (Å²) in [5.74, 6) is -0.0956. The Labute approximate surface area is 196 Å². The minimum atomic E-state index is -1.25. The first kappa shape index (κ1) is 23.9. The number of carbonyl (C=O) groups excluding carboxylic acids is 3. The van der Waals surface area contributed by atoms with E-state index in [9.17, 15) is 19.5 Å². The number of ketones is 2. The van der Waals surface area contributed by atoms with Gasteiger partial charge < -0.3 is 9.84 Å². The van der Waals surface area contributed by atoms with Crippen LogP contribution in [0.3, 0.4) is 0 Å². The second-order valence-corrected chi connectivity index (χ2v) is 11.3. The average molecular weight is 465 g/mol. The predicted molar refractivity (Wildman–Crippen MR) is 122 cm³/mol. The van der Waals surface area contributed by atoms with Crippen LogP contribution in [0.25, 0.3) is 0 Å². The lowest BCUT2D eigenvalue weighted by Gasteiger charge is -2.60. The molecular formula is C26H37ClO5. The summed E-state index contributed by atoms with van der Waals surface area (Å²) >= 11 is 6.06. The van der Waals surface area contributed by atoms with Crippen molar-refractivity contribution in [3.05, 3.63) is 11.6 Å². The van der Waals surface area contributed by atoms with Crippen LogP contribution >= 0.6 is 11.6 Å². The van der Waals surface area contributed by atoms with Gasteiger partial charge in [-0.3, -0.25) is 14.4 Å². The summed E-state index contributed by atoms with van der Waals surface area (Å²) in [6, 6.07) is 0. The number of rotatable bonds is 6. The van der Waals surface area contributed by atoms with E-state index in [-0.39, 0.29) is 46.6 Å². The topological polar surface area (TPSA) is 80.7 Å². The van der Waals surface area contributed by atoms with Gasteiger partial charge in [-0.15, -0.1) is 11.6 Å². The van der Waals surface area contributed by atoms with Crippen molar-refractivity contribution in [1.82, 2.24) is 0 Å². The molecule has 178 valence electrons. The number of hydrogen-bond acceptors (Lipinski definition) is 5. The third kappa shape index (κ3) is 3.41. The van der Waals surface area contributed by atoms with Gasteiger partial charge in [-0.25, -0.2) is 0 Å². The summed E-state index contributed by atoms with van der Waals surface area (Å²) in [6.45, 7) is 6.27. The molecule has 4 aliphatic carbocycles. The van der Waals surface area contributed by atoms with Crippen LogP contribution in [0.1, 0.15) is 85.0 Å². The zero-order valence-electron chi connectivity index (χ0n) is 19.6. The molecule has 3 saturated carbocycles. The summed E-state index contributed by atoms with van der Waals surface area (Å²) in [6.07, 6.45) is 7.86. The highest BCUT2D eigenvalue weighted by atomic mass is 35.5. The van der Waals surface area contributed by atoms with E-state index in [1.807, 2.05) is 19.9 Å². The maximum absolute atomic E-state index is 13.3. The molecule has 5 nitrogen and oxygen atoms in total. The van der Waals surface area contributed by atoms with Crippen LogP contribution in [-0.4, -0.2) is 40.2 Å². The van der Waals surface area contributed by atoms with Crippen molar-refractivity contribution in [3.8, 4) is 0 Å². The zero-order chi connectivity index (χ0) is 23.3. The number of esters is 1. The lowest BCUT2D eigenvalue weighted by atomic mass is 9.45. The molecule has 4 rings (SSSR count). The van der Waals surface area contributed by atoms with Gasteiger partial charge in [-0.05, 0) is 74.2 Å². The van der Waals surface area contributed by atoms with Gasteiger partial charge in [0, 0.05) is 18.3 Å². The van der Waals surface area contributed by atoms with Crippen LogP contribution in [0, 0.1) is 28.6 Å². The normalized spacial score (nSPS) is 43.0. The van der Waals surface area contributed by atoms with Gasteiger partial charge in [-0.2, -0.15) is 0 Å². The van der Waals surface area contributed by atoms with Crippen molar-refractivity contribution in [3.63, 3.8) is 0 Å². The Hall–Kier alpha value is -1.20. The van der Waals surface area contributed by atoms with Crippen LogP contribution in [0.5, 0.6) is 0 Å². The van der Waals surface area contributed by atoms with Crippen LogP contribution in [0.4, 0.5) is 0 Å². The third-order valence-electron chi connectivity index (χ3n) is 9.61. The predicted octanol–water partition coefficient (Wildman–Crippen LogP) is 4.77. The molecule has 0 heterocycles. The lowest BCUT2D eigenvalue weighted by Crippen LogP contribution is -2.63. The Balaban J connectivity index is 1.70. The number of hydrogen-bond donors (Lipinski definition) is 1. The molecule has 1 N–H and O–H groups in total. The summed E-state index contributed by atoms with van der Waals surface area (Å²) < 4.78 is 6.06. The molecule has 6 heteroatoms. The molecular weight excluding hydrogens is 428 g/mol. The van der Waals surface area contributed by atoms with Crippen molar-refractivity contribution in [2.24, 2.45) is 28.6 Å². The van der Waals surface area contributed by atoms with Crippen molar-refractivity contribution in [1.29, 1.82) is 0 Å². The monoisotopic (exact) mass is 464 g/mol. The van der Waals surface area contributed by atoms with E-state index in [0.717, 1.165) is 38.5 Å². The average Bonchev–Trinajstić information content (AvgIpc) is 3.04. The van der Waals surface area contributed by atoms with E-state index in [1.165, 1.54) is 5.57 Å². The smallest absolute Gasteiger partial charge is 0.306 e. The zero-order valence-corrected chi connectivity index (χ0v) is 20.4. The molecule has 1 unspecified atom stereocenters. The molecule has 0 aromatic rings. The van der Waals surface area contributed by atoms with Gasteiger partial charge in [0.05, 0.1) is 12.0 Å². The fourth-order valence-electron chi connectivity index (χ4n) is 8.03. The maximum atomic E-state index is 13.3. The van der Waals surface area contributed by atoms with Gasteiger partial charge in [0.15, 0.2) is 17.2 Å². The van der Waals surface area contributed by atoms with E-state index in [4.69, 9.17) is 16.3 Å². The van der Waals surface area contributed by atoms with Crippen LogP contribution in [0.15, 0.2) is 11.6 Å². The first-order valence-electron chi connectivity index (χ1n) is 12.4. The Morgan fingerprint density at radius 1 is 1.22 bits per heavy atom. The fourth-order valence-corrected chi connectivity index (χ4v) is 8.25. The second kappa shape index (κ2) is 8.54. The fraction of sp³-hybridized carbons (Fsp3) is 0.808. The first-order valence-corrected chi connectivity index (χ1v) is 12.9. The number of aliphatic hydroxyl groups excluding tert-OH is 1. The van der Waals surface area contributed by atoms with Gasteiger partial charge in [0.2, 0.25) is 0 Å². The molecule has 0 bridgehead atoms. The van der Waals surface area contributed by atoms with Crippen LogP contribution in [0.2, 0.25) is 0 Å². The number of ether oxygens (including phenoxy) is 1. The highest BCUT2D eigenvalue weighted by Crippen LogP contribution is 2.68. The number of allylic oxidation sites excluding steroid dienone is 1. The van der Waals surface area contributed by atoms with E-state index in [2.05, 4.69) is 6.92 Å². The number of unbranched alkanes of at least 4 members (excludes halogenated alkanes) is 1. The summed E-state index contributed by atoms with van der Waals surface area (Å²) in [5, 5.41) is 11.6. The van der Waals surface area contributed by atoms with Crippen LogP contribution < -0.4 is 0 Å². The van der Waals surface area contributed by atoms with E-state index in [0.29, 0.717) is 25.7 Å². The summed E-state index contributed by atoms with van der Waals surface area (Å²) in [4.78, 5) is 38.0.